The highest BCUT2D eigenvalue weighted by atomic mass is 19.1. The molecule has 0 spiro atoms. The molecule has 0 radical (unpaired) electrons. The molecule has 3 heterocycles. The Kier molecular flexibility index (Phi) is 11.8. The highest BCUT2D eigenvalue weighted by molar-refractivity contribution is 6.39. The standard InChI is InChI=1S/C44H59FN4O3/c1-9-13-39(52-27-44-16-12-17-49(44)25-29(6)23-44)47-43(48-18-19-51-26-30(7)24-48)40-31(8)20-37(42(35(40)11-3)46-28(4)5)36-22-33(50)21-32-14-15-38(45)34(10-2)41(32)36/h11,13-15,20-22,28-30,50H,9-10,12,16-19,23-27H2,1-8H3/b35-11-,39-13-,46-42?,47-43+. The van der Waals surface area contributed by atoms with Crippen molar-refractivity contribution in [2.75, 3.05) is 46.0 Å². The van der Waals surface area contributed by atoms with E-state index in [4.69, 9.17) is 19.5 Å². The largest absolute Gasteiger partial charge is 0.508 e. The van der Waals surface area contributed by atoms with Gasteiger partial charge in [-0.1, -0.05) is 39.8 Å². The van der Waals surface area contributed by atoms with Crippen molar-refractivity contribution in [1.82, 2.24) is 9.80 Å². The van der Waals surface area contributed by atoms with Gasteiger partial charge < -0.3 is 19.5 Å². The first-order valence-corrected chi connectivity index (χ1v) is 19.6. The van der Waals surface area contributed by atoms with Gasteiger partial charge in [0.25, 0.3) is 0 Å². The molecule has 3 saturated heterocycles. The SMILES string of the molecule is C/C=C1\C(=NC(C)C)C(c2cc(O)cc3ccc(F)c(CC)c23)=CC(C)=C1/C(=N\C(=C\CC)OCC12CCCN1CC(C)C2)N1CCOCC(C)C1. The molecule has 2 aromatic rings. The molecule has 1 N–H and O–H groups in total. The van der Waals surface area contributed by atoms with Crippen molar-refractivity contribution in [2.24, 2.45) is 21.8 Å². The molecular formula is C44H59FN4O3. The summed E-state index contributed by atoms with van der Waals surface area (Å²) in [6.45, 7) is 22.8. The third-order valence-corrected chi connectivity index (χ3v) is 11.1. The van der Waals surface area contributed by atoms with Gasteiger partial charge >= 0.3 is 0 Å². The number of phenols is 1. The summed E-state index contributed by atoms with van der Waals surface area (Å²) in [5, 5.41) is 12.6. The van der Waals surface area contributed by atoms with E-state index in [2.05, 4.69) is 76.5 Å². The molecule has 3 unspecified atom stereocenters. The van der Waals surface area contributed by atoms with Crippen molar-refractivity contribution in [1.29, 1.82) is 0 Å². The fraction of sp³-hybridized carbons (Fsp3) is 0.545. The Hall–Kier alpha value is -3.75. The van der Waals surface area contributed by atoms with E-state index in [1.54, 1.807) is 18.2 Å². The number of allylic oxidation sites excluding steroid dienone is 5. The normalized spacial score (nSPS) is 26.6. The Labute approximate surface area is 310 Å². The number of nitrogens with zero attached hydrogens (tertiary/aromatic N) is 4. The third-order valence-electron chi connectivity index (χ3n) is 11.1. The molecule has 0 saturated carbocycles. The number of aliphatic imine (C=N–C) groups is 2. The van der Waals surface area contributed by atoms with Gasteiger partial charge in [-0.05, 0) is 136 Å². The lowest BCUT2D eigenvalue weighted by molar-refractivity contribution is 0.0715. The molecule has 8 heteroatoms. The van der Waals surface area contributed by atoms with Crippen molar-refractivity contribution in [3.63, 3.8) is 0 Å². The maximum absolute atomic E-state index is 15.4. The minimum Gasteiger partial charge on any atom is -0.508 e. The van der Waals surface area contributed by atoms with Gasteiger partial charge in [0.15, 0.2) is 0 Å². The molecule has 3 atom stereocenters. The maximum Gasteiger partial charge on any atom is 0.211 e. The number of fused-ring (bicyclic) bond motifs is 2. The number of halogens is 1. The smallest absolute Gasteiger partial charge is 0.211 e. The lowest BCUT2D eigenvalue weighted by atomic mass is 9.80. The Bertz CT molecular complexity index is 1850. The van der Waals surface area contributed by atoms with Crippen LogP contribution in [0.15, 0.2) is 75.1 Å². The van der Waals surface area contributed by atoms with Crippen LogP contribution in [0, 0.1) is 17.7 Å². The number of hydrogen-bond donors (Lipinski definition) is 1. The van der Waals surface area contributed by atoms with Gasteiger partial charge in [0.1, 0.15) is 24.0 Å². The van der Waals surface area contributed by atoms with Crippen LogP contribution in [-0.4, -0.2) is 84.0 Å². The molecule has 7 nitrogen and oxygen atoms in total. The number of rotatable bonds is 9. The zero-order valence-corrected chi connectivity index (χ0v) is 32.7. The van der Waals surface area contributed by atoms with Crippen molar-refractivity contribution in [3.8, 4) is 5.75 Å². The van der Waals surface area contributed by atoms with Gasteiger partial charge in [0, 0.05) is 42.4 Å². The van der Waals surface area contributed by atoms with E-state index >= 15 is 4.39 Å². The summed E-state index contributed by atoms with van der Waals surface area (Å²) in [5.41, 5.74) is 6.17. The van der Waals surface area contributed by atoms with E-state index in [1.165, 1.54) is 12.5 Å². The highest BCUT2D eigenvalue weighted by Gasteiger charge is 2.47. The molecule has 280 valence electrons. The first-order valence-electron chi connectivity index (χ1n) is 19.6. The summed E-state index contributed by atoms with van der Waals surface area (Å²) in [7, 11) is 0. The molecular weight excluding hydrogens is 652 g/mol. The third kappa shape index (κ3) is 7.65. The lowest BCUT2D eigenvalue weighted by Gasteiger charge is -2.34. The molecule has 2 aromatic carbocycles. The second kappa shape index (κ2) is 16.1. The highest BCUT2D eigenvalue weighted by Crippen LogP contribution is 2.43. The predicted octanol–water partition coefficient (Wildman–Crippen LogP) is 9.27. The molecule has 3 aliphatic heterocycles. The average molecular weight is 711 g/mol. The van der Waals surface area contributed by atoms with Crippen LogP contribution in [0.2, 0.25) is 0 Å². The lowest BCUT2D eigenvalue weighted by Crippen LogP contribution is -2.42. The number of ether oxygens (including phenoxy) is 2. The zero-order valence-electron chi connectivity index (χ0n) is 32.7. The minimum atomic E-state index is -0.241. The van der Waals surface area contributed by atoms with Crippen LogP contribution >= 0.6 is 0 Å². The quantitative estimate of drug-likeness (QED) is 0.160. The fourth-order valence-corrected chi connectivity index (χ4v) is 8.97. The van der Waals surface area contributed by atoms with Crippen LogP contribution in [0.4, 0.5) is 4.39 Å². The summed E-state index contributed by atoms with van der Waals surface area (Å²) in [5.74, 6) is 2.39. The number of aryl methyl sites for hydroxylation is 1. The molecule has 4 aliphatic rings. The van der Waals surface area contributed by atoms with Crippen LogP contribution in [0.5, 0.6) is 5.75 Å². The Morgan fingerprint density at radius 2 is 1.96 bits per heavy atom. The van der Waals surface area contributed by atoms with Gasteiger partial charge in [-0.25, -0.2) is 4.39 Å². The zero-order chi connectivity index (χ0) is 37.2. The van der Waals surface area contributed by atoms with Gasteiger partial charge in [0.2, 0.25) is 5.88 Å². The summed E-state index contributed by atoms with van der Waals surface area (Å²) >= 11 is 0. The van der Waals surface area contributed by atoms with Crippen molar-refractivity contribution >= 4 is 27.9 Å². The van der Waals surface area contributed by atoms with E-state index in [0.29, 0.717) is 56.1 Å². The molecule has 1 aliphatic carbocycles. The topological polar surface area (TPSA) is 69.9 Å². The average Bonchev–Trinajstić information content (AvgIpc) is 3.53. The fourth-order valence-electron chi connectivity index (χ4n) is 8.97. The number of hydrogen-bond acceptors (Lipinski definition) is 6. The first-order chi connectivity index (χ1) is 25.0. The number of phenolic OH excluding ortho intramolecular Hbond substituents is 1. The number of aromatic hydroxyl groups is 1. The summed E-state index contributed by atoms with van der Waals surface area (Å²) in [4.78, 5) is 15.8. The molecule has 52 heavy (non-hydrogen) atoms. The molecule has 3 fully saturated rings. The van der Waals surface area contributed by atoms with E-state index in [0.717, 1.165) is 89.1 Å². The Morgan fingerprint density at radius 1 is 1.15 bits per heavy atom. The summed E-state index contributed by atoms with van der Waals surface area (Å²) in [6.07, 6.45) is 11.3. The molecule has 0 amide bonds. The number of amidine groups is 1. The second-order valence-corrected chi connectivity index (χ2v) is 15.7. The van der Waals surface area contributed by atoms with Gasteiger partial charge in [-0.2, -0.15) is 4.99 Å². The van der Waals surface area contributed by atoms with Gasteiger partial charge in [-0.3, -0.25) is 9.89 Å². The van der Waals surface area contributed by atoms with Gasteiger partial charge in [0.05, 0.1) is 24.5 Å². The van der Waals surface area contributed by atoms with Gasteiger partial charge in [-0.15, -0.1) is 0 Å². The summed E-state index contributed by atoms with van der Waals surface area (Å²) < 4.78 is 28.2. The maximum atomic E-state index is 15.4. The number of benzene rings is 2. The van der Waals surface area contributed by atoms with E-state index < -0.39 is 0 Å². The predicted molar refractivity (Wildman–Crippen MR) is 213 cm³/mol. The van der Waals surface area contributed by atoms with Crippen LogP contribution in [0.1, 0.15) is 92.2 Å². The Balaban J connectivity index is 1.54. The summed E-state index contributed by atoms with van der Waals surface area (Å²) in [6, 6.07) is 6.72. The molecule has 0 bridgehead atoms. The van der Waals surface area contributed by atoms with Crippen LogP contribution < -0.4 is 0 Å². The first kappa shape index (κ1) is 38.0. The van der Waals surface area contributed by atoms with Crippen molar-refractivity contribution < 1.29 is 19.0 Å². The van der Waals surface area contributed by atoms with Crippen molar-refractivity contribution in [2.45, 2.75) is 99.1 Å². The minimum absolute atomic E-state index is 0.0211. The van der Waals surface area contributed by atoms with Crippen LogP contribution in [0.25, 0.3) is 16.3 Å². The monoisotopic (exact) mass is 710 g/mol. The Morgan fingerprint density at radius 3 is 2.69 bits per heavy atom. The van der Waals surface area contributed by atoms with Crippen LogP contribution in [0.3, 0.4) is 0 Å². The van der Waals surface area contributed by atoms with E-state index in [-0.39, 0.29) is 23.1 Å². The molecule has 0 aromatic heterocycles. The molecule has 6 rings (SSSR count). The van der Waals surface area contributed by atoms with E-state index in [1.807, 2.05) is 6.92 Å². The van der Waals surface area contributed by atoms with E-state index in [9.17, 15) is 5.11 Å². The van der Waals surface area contributed by atoms with Crippen LogP contribution in [-0.2, 0) is 15.9 Å². The second-order valence-electron chi connectivity index (χ2n) is 15.7. The van der Waals surface area contributed by atoms with Crippen molar-refractivity contribution in [3.05, 3.63) is 82.0 Å².